The van der Waals surface area contributed by atoms with E-state index in [9.17, 15) is 9.59 Å². The normalized spacial score (nSPS) is 16.9. The van der Waals surface area contributed by atoms with E-state index in [0.717, 1.165) is 12.8 Å². The minimum atomic E-state index is -0.847. The van der Waals surface area contributed by atoms with E-state index in [0.29, 0.717) is 18.4 Å². The molecule has 92 valence electrons. The van der Waals surface area contributed by atoms with Crippen molar-refractivity contribution in [2.24, 2.45) is 11.8 Å². The molecule has 3 N–H and O–H groups in total. The summed E-state index contributed by atoms with van der Waals surface area (Å²) in [5, 5.41) is 14.3. The lowest BCUT2D eigenvalue weighted by atomic mass is 9.97. The first-order chi connectivity index (χ1) is 7.49. The molecular formula is C11H20N2O3. The average molecular weight is 228 g/mol. The highest BCUT2D eigenvalue weighted by Crippen LogP contribution is 2.18. The Kier molecular flexibility index (Phi) is 4.58. The van der Waals surface area contributed by atoms with Gasteiger partial charge in [0.2, 0.25) is 0 Å². The van der Waals surface area contributed by atoms with Crippen molar-refractivity contribution in [2.75, 3.05) is 6.54 Å². The number of carboxylic acid groups (broad SMARTS) is 1. The van der Waals surface area contributed by atoms with Crippen LogP contribution in [0.25, 0.3) is 0 Å². The molecule has 1 aliphatic rings. The second-order valence-electron chi connectivity index (χ2n) is 4.79. The summed E-state index contributed by atoms with van der Waals surface area (Å²) >= 11 is 0. The smallest absolute Gasteiger partial charge is 0.315 e. The number of carbonyl (C=O) groups is 2. The van der Waals surface area contributed by atoms with Gasteiger partial charge in [0, 0.05) is 12.6 Å². The lowest BCUT2D eigenvalue weighted by molar-refractivity contribution is -0.142. The van der Waals surface area contributed by atoms with Crippen molar-refractivity contribution < 1.29 is 14.7 Å². The van der Waals surface area contributed by atoms with E-state index in [4.69, 9.17) is 5.11 Å². The van der Waals surface area contributed by atoms with Gasteiger partial charge in [0.05, 0.1) is 5.92 Å². The van der Waals surface area contributed by atoms with Crippen molar-refractivity contribution in [2.45, 2.75) is 39.2 Å². The molecule has 0 heterocycles. The third-order valence-electron chi connectivity index (χ3n) is 2.53. The summed E-state index contributed by atoms with van der Waals surface area (Å²) in [6.45, 7) is 4.15. The summed E-state index contributed by atoms with van der Waals surface area (Å²) in [6, 6.07) is 0.0471. The Hall–Kier alpha value is -1.26. The van der Waals surface area contributed by atoms with Gasteiger partial charge in [0.15, 0.2) is 0 Å². The molecule has 0 radical (unpaired) electrons. The Bertz CT molecular complexity index is 262. The van der Waals surface area contributed by atoms with Gasteiger partial charge in [0.1, 0.15) is 0 Å². The topological polar surface area (TPSA) is 78.4 Å². The van der Waals surface area contributed by atoms with Gasteiger partial charge in [-0.05, 0) is 25.2 Å². The van der Waals surface area contributed by atoms with Gasteiger partial charge in [0.25, 0.3) is 0 Å². The molecule has 0 aromatic rings. The number of hydrogen-bond donors (Lipinski definition) is 3. The summed E-state index contributed by atoms with van der Waals surface area (Å²) in [6.07, 6.45) is 2.64. The Morgan fingerprint density at radius 2 is 2.00 bits per heavy atom. The third-order valence-corrected chi connectivity index (χ3v) is 2.53. The second-order valence-corrected chi connectivity index (χ2v) is 4.79. The molecule has 0 aliphatic heterocycles. The Labute approximate surface area is 95.6 Å². The van der Waals surface area contributed by atoms with E-state index >= 15 is 0 Å². The largest absolute Gasteiger partial charge is 0.481 e. The number of hydrogen-bond acceptors (Lipinski definition) is 2. The fraction of sp³-hybridized carbons (Fsp3) is 0.818. The number of urea groups is 1. The van der Waals surface area contributed by atoms with E-state index in [1.807, 2.05) is 13.8 Å². The number of carboxylic acids is 1. The van der Waals surface area contributed by atoms with Crippen LogP contribution < -0.4 is 10.6 Å². The van der Waals surface area contributed by atoms with Crippen molar-refractivity contribution in [3.63, 3.8) is 0 Å². The zero-order chi connectivity index (χ0) is 12.1. The lowest BCUT2D eigenvalue weighted by Gasteiger charge is -2.15. The Morgan fingerprint density at radius 1 is 1.38 bits per heavy atom. The van der Waals surface area contributed by atoms with Gasteiger partial charge in [-0.3, -0.25) is 4.79 Å². The summed E-state index contributed by atoms with van der Waals surface area (Å²) in [7, 11) is 0. The van der Waals surface area contributed by atoms with Crippen LogP contribution in [0.3, 0.4) is 0 Å². The number of amides is 2. The highest BCUT2D eigenvalue weighted by Gasteiger charge is 2.24. The molecule has 0 spiro atoms. The zero-order valence-corrected chi connectivity index (χ0v) is 9.82. The van der Waals surface area contributed by atoms with E-state index < -0.39 is 11.9 Å². The molecule has 5 nitrogen and oxygen atoms in total. The van der Waals surface area contributed by atoms with Crippen LogP contribution in [0.4, 0.5) is 4.79 Å². The zero-order valence-electron chi connectivity index (χ0n) is 9.82. The van der Waals surface area contributed by atoms with Crippen LogP contribution in [0.2, 0.25) is 0 Å². The predicted molar refractivity (Wildman–Crippen MR) is 60.1 cm³/mol. The monoisotopic (exact) mass is 228 g/mol. The van der Waals surface area contributed by atoms with Crippen molar-refractivity contribution in [3.05, 3.63) is 0 Å². The summed E-state index contributed by atoms with van der Waals surface area (Å²) in [5.74, 6) is -1.03. The molecule has 1 fully saturated rings. The van der Waals surface area contributed by atoms with E-state index in [1.54, 1.807) is 0 Å². The number of nitrogens with one attached hydrogen (secondary N) is 2. The molecule has 0 aromatic heterocycles. The SMILES string of the molecule is CC(C)CC(CNC(=O)NC1CC1)C(=O)O. The maximum Gasteiger partial charge on any atom is 0.315 e. The van der Waals surface area contributed by atoms with E-state index in [-0.39, 0.29) is 12.6 Å². The molecule has 1 unspecified atom stereocenters. The Morgan fingerprint density at radius 3 is 2.44 bits per heavy atom. The first-order valence-corrected chi connectivity index (χ1v) is 5.76. The molecule has 1 saturated carbocycles. The maximum atomic E-state index is 11.3. The summed E-state index contributed by atoms with van der Waals surface area (Å²) in [4.78, 5) is 22.2. The van der Waals surface area contributed by atoms with Crippen molar-refractivity contribution in [1.29, 1.82) is 0 Å². The quantitative estimate of drug-likeness (QED) is 0.639. The van der Waals surface area contributed by atoms with Gasteiger partial charge >= 0.3 is 12.0 Å². The number of carbonyl (C=O) groups excluding carboxylic acids is 1. The Balaban J connectivity index is 2.24. The molecule has 0 saturated heterocycles. The molecule has 1 aliphatic carbocycles. The van der Waals surface area contributed by atoms with Crippen molar-refractivity contribution >= 4 is 12.0 Å². The summed E-state index contributed by atoms with van der Waals surface area (Å²) in [5.41, 5.74) is 0. The third kappa shape index (κ3) is 5.00. The minimum absolute atomic E-state index is 0.200. The highest BCUT2D eigenvalue weighted by molar-refractivity contribution is 5.76. The van der Waals surface area contributed by atoms with Crippen LogP contribution in [-0.2, 0) is 4.79 Å². The minimum Gasteiger partial charge on any atom is -0.481 e. The standard InChI is InChI=1S/C11H20N2O3/c1-7(2)5-8(10(14)15)6-12-11(16)13-9-3-4-9/h7-9H,3-6H2,1-2H3,(H,14,15)(H2,12,13,16). The lowest BCUT2D eigenvalue weighted by Crippen LogP contribution is -2.41. The van der Waals surface area contributed by atoms with Crippen LogP contribution in [0.1, 0.15) is 33.1 Å². The fourth-order valence-electron chi connectivity index (χ4n) is 1.52. The molecule has 1 rings (SSSR count). The first kappa shape index (κ1) is 12.8. The molecule has 1 atom stereocenters. The van der Waals surface area contributed by atoms with Gasteiger partial charge in [-0.2, -0.15) is 0 Å². The number of rotatable bonds is 6. The van der Waals surface area contributed by atoms with E-state index in [2.05, 4.69) is 10.6 Å². The second kappa shape index (κ2) is 5.72. The molecule has 5 heteroatoms. The molecule has 16 heavy (non-hydrogen) atoms. The molecule has 0 aromatic carbocycles. The van der Waals surface area contributed by atoms with Crippen LogP contribution in [-0.4, -0.2) is 29.7 Å². The summed E-state index contributed by atoms with van der Waals surface area (Å²) < 4.78 is 0. The molecule has 2 amide bonds. The first-order valence-electron chi connectivity index (χ1n) is 5.76. The number of aliphatic carboxylic acids is 1. The van der Waals surface area contributed by atoms with Crippen LogP contribution in [0.5, 0.6) is 0 Å². The van der Waals surface area contributed by atoms with Crippen molar-refractivity contribution in [1.82, 2.24) is 10.6 Å². The van der Waals surface area contributed by atoms with Crippen molar-refractivity contribution in [3.8, 4) is 0 Å². The fourth-order valence-corrected chi connectivity index (χ4v) is 1.52. The molecule has 0 bridgehead atoms. The van der Waals surface area contributed by atoms with Crippen LogP contribution >= 0.6 is 0 Å². The average Bonchev–Trinajstić information content (AvgIpc) is 2.95. The van der Waals surface area contributed by atoms with Gasteiger partial charge < -0.3 is 15.7 Å². The van der Waals surface area contributed by atoms with Gasteiger partial charge in [-0.25, -0.2) is 4.79 Å². The molecular weight excluding hydrogens is 208 g/mol. The highest BCUT2D eigenvalue weighted by atomic mass is 16.4. The predicted octanol–water partition coefficient (Wildman–Crippen LogP) is 1.19. The van der Waals surface area contributed by atoms with Crippen LogP contribution in [0.15, 0.2) is 0 Å². The van der Waals surface area contributed by atoms with Gasteiger partial charge in [-0.15, -0.1) is 0 Å². The maximum absolute atomic E-state index is 11.3. The van der Waals surface area contributed by atoms with E-state index in [1.165, 1.54) is 0 Å². The van der Waals surface area contributed by atoms with Crippen LogP contribution in [0, 0.1) is 11.8 Å². The van der Waals surface area contributed by atoms with Gasteiger partial charge in [-0.1, -0.05) is 13.8 Å².